The van der Waals surface area contributed by atoms with Gasteiger partial charge in [0.2, 0.25) is 0 Å². The van der Waals surface area contributed by atoms with Gasteiger partial charge in [-0.05, 0) is 18.6 Å². The molecule has 0 aliphatic carbocycles. The van der Waals surface area contributed by atoms with Crippen molar-refractivity contribution in [1.29, 1.82) is 5.26 Å². The molecule has 0 radical (unpaired) electrons. The Kier molecular flexibility index (Phi) is 3.99. The lowest BCUT2D eigenvalue weighted by Crippen LogP contribution is -2.26. The lowest BCUT2D eigenvalue weighted by molar-refractivity contribution is -0.385. The van der Waals surface area contributed by atoms with Crippen LogP contribution in [-0.4, -0.2) is 27.5 Å². The van der Waals surface area contributed by atoms with E-state index < -0.39 is 4.92 Å². The van der Waals surface area contributed by atoms with Gasteiger partial charge in [0.05, 0.1) is 4.92 Å². The number of aromatic nitrogens is 1. The SMILES string of the molecule is N#Cc1cc([N+](=O)[O-])cnc1NC1CCCSC1. The number of nitro groups is 1. The van der Waals surface area contributed by atoms with Crippen molar-refractivity contribution < 1.29 is 4.92 Å². The number of hydrogen-bond acceptors (Lipinski definition) is 6. The van der Waals surface area contributed by atoms with E-state index >= 15 is 0 Å². The van der Waals surface area contributed by atoms with Gasteiger partial charge in [0.15, 0.2) is 0 Å². The molecular weight excluding hydrogens is 252 g/mol. The highest BCUT2D eigenvalue weighted by molar-refractivity contribution is 7.99. The number of nitriles is 1. The predicted molar refractivity (Wildman–Crippen MR) is 69.6 cm³/mol. The normalized spacial score (nSPS) is 18.9. The molecule has 1 aliphatic heterocycles. The van der Waals surface area contributed by atoms with Crippen molar-refractivity contribution in [2.24, 2.45) is 0 Å². The summed E-state index contributed by atoms with van der Waals surface area (Å²) in [7, 11) is 0. The van der Waals surface area contributed by atoms with Gasteiger partial charge in [-0.15, -0.1) is 0 Å². The lowest BCUT2D eigenvalue weighted by Gasteiger charge is -2.23. The fourth-order valence-electron chi connectivity index (χ4n) is 1.80. The van der Waals surface area contributed by atoms with E-state index in [0.717, 1.165) is 24.3 Å². The summed E-state index contributed by atoms with van der Waals surface area (Å²) in [6.45, 7) is 0. The second-order valence-corrected chi connectivity index (χ2v) is 5.17. The van der Waals surface area contributed by atoms with E-state index in [0.29, 0.717) is 5.82 Å². The summed E-state index contributed by atoms with van der Waals surface area (Å²) in [5, 5.41) is 22.8. The molecule has 1 aromatic rings. The fourth-order valence-corrected chi connectivity index (χ4v) is 2.87. The molecule has 0 aromatic carbocycles. The monoisotopic (exact) mass is 264 g/mol. The quantitative estimate of drug-likeness (QED) is 0.664. The van der Waals surface area contributed by atoms with Gasteiger partial charge < -0.3 is 5.32 Å². The molecule has 1 aliphatic rings. The van der Waals surface area contributed by atoms with Gasteiger partial charge in [-0.2, -0.15) is 17.0 Å². The molecule has 0 spiro atoms. The molecule has 7 heteroatoms. The minimum Gasteiger partial charge on any atom is -0.365 e. The summed E-state index contributed by atoms with van der Waals surface area (Å²) in [5.41, 5.74) is 0.0647. The highest BCUT2D eigenvalue weighted by Crippen LogP contribution is 2.23. The Morgan fingerprint density at radius 2 is 2.50 bits per heavy atom. The molecule has 1 fully saturated rings. The van der Waals surface area contributed by atoms with E-state index in [1.54, 1.807) is 0 Å². The third-order valence-corrected chi connectivity index (χ3v) is 3.92. The third-order valence-electron chi connectivity index (χ3n) is 2.71. The molecule has 1 aromatic heterocycles. The van der Waals surface area contributed by atoms with Crippen LogP contribution in [0.25, 0.3) is 0 Å². The highest BCUT2D eigenvalue weighted by atomic mass is 32.2. The zero-order valence-electron chi connectivity index (χ0n) is 9.63. The van der Waals surface area contributed by atoms with Gasteiger partial charge in [0, 0.05) is 17.9 Å². The molecule has 0 amide bonds. The van der Waals surface area contributed by atoms with E-state index in [1.807, 2.05) is 17.8 Å². The molecule has 2 heterocycles. The average Bonchev–Trinajstić information content (AvgIpc) is 2.40. The predicted octanol–water partition coefficient (Wildman–Crippen LogP) is 2.17. The van der Waals surface area contributed by atoms with Crippen LogP contribution < -0.4 is 5.32 Å². The van der Waals surface area contributed by atoms with Crippen molar-refractivity contribution in [3.05, 3.63) is 27.9 Å². The van der Waals surface area contributed by atoms with Crippen LogP contribution in [0.5, 0.6) is 0 Å². The van der Waals surface area contributed by atoms with Gasteiger partial charge >= 0.3 is 0 Å². The first-order valence-electron chi connectivity index (χ1n) is 5.59. The maximum absolute atomic E-state index is 10.6. The number of nitrogens with zero attached hydrogens (tertiary/aromatic N) is 3. The van der Waals surface area contributed by atoms with Crippen LogP contribution in [-0.2, 0) is 0 Å². The van der Waals surface area contributed by atoms with E-state index in [9.17, 15) is 10.1 Å². The summed E-state index contributed by atoms with van der Waals surface area (Å²) in [6.07, 6.45) is 3.35. The average molecular weight is 264 g/mol. The number of pyridine rings is 1. The second kappa shape index (κ2) is 5.69. The Balaban J connectivity index is 2.17. The van der Waals surface area contributed by atoms with E-state index in [2.05, 4.69) is 10.3 Å². The summed E-state index contributed by atoms with van der Waals surface area (Å²) in [4.78, 5) is 14.0. The molecule has 0 bridgehead atoms. The minimum atomic E-state index is -0.548. The maximum Gasteiger partial charge on any atom is 0.289 e. The number of hydrogen-bond donors (Lipinski definition) is 1. The van der Waals surface area contributed by atoms with Crippen LogP contribution in [0.1, 0.15) is 18.4 Å². The van der Waals surface area contributed by atoms with Gasteiger partial charge in [-0.25, -0.2) is 4.98 Å². The summed E-state index contributed by atoms with van der Waals surface area (Å²) >= 11 is 1.86. The topological polar surface area (TPSA) is 91.8 Å². The van der Waals surface area contributed by atoms with Gasteiger partial charge in [0.25, 0.3) is 5.69 Å². The molecule has 1 N–H and O–H groups in total. The van der Waals surface area contributed by atoms with Crippen molar-refractivity contribution in [3.8, 4) is 6.07 Å². The molecule has 18 heavy (non-hydrogen) atoms. The molecule has 1 atom stereocenters. The number of rotatable bonds is 3. The number of thioether (sulfide) groups is 1. The minimum absolute atomic E-state index is 0.157. The molecule has 1 saturated heterocycles. The molecular formula is C11H12N4O2S. The Morgan fingerprint density at radius 1 is 1.67 bits per heavy atom. The largest absolute Gasteiger partial charge is 0.365 e. The van der Waals surface area contributed by atoms with Gasteiger partial charge in [-0.1, -0.05) is 0 Å². The van der Waals surface area contributed by atoms with Crippen molar-refractivity contribution >= 4 is 23.3 Å². The number of anilines is 1. The molecule has 2 rings (SSSR count). The van der Waals surface area contributed by atoms with E-state index in [4.69, 9.17) is 5.26 Å². The Hall–Kier alpha value is -1.81. The van der Waals surface area contributed by atoms with Crippen LogP contribution in [0.4, 0.5) is 11.5 Å². The van der Waals surface area contributed by atoms with Crippen LogP contribution in [0.2, 0.25) is 0 Å². The first-order valence-corrected chi connectivity index (χ1v) is 6.75. The first-order chi connectivity index (χ1) is 8.70. The van der Waals surface area contributed by atoms with Gasteiger partial charge in [0.1, 0.15) is 23.6 Å². The smallest absolute Gasteiger partial charge is 0.289 e. The maximum atomic E-state index is 10.6. The molecule has 6 nitrogen and oxygen atoms in total. The van der Waals surface area contributed by atoms with Crippen molar-refractivity contribution in [1.82, 2.24) is 4.98 Å². The van der Waals surface area contributed by atoms with Gasteiger partial charge in [-0.3, -0.25) is 10.1 Å². The van der Waals surface area contributed by atoms with Crippen molar-refractivity contribution in [2.45, 2.75) is 18.9 Å². The first kappa shape index (κ1) is 12.6. The summed E-state index contributed by atoms with van der Waals surface area (Å²) < 4.78 is 0. The summed E-state index contributed by atoms with van der Waals surface area (Å²) in [5.74, 6) is 2.58. The number of nitrogens with one attached hydrogen (secondary N) is 1. The Bertz CT molecular complexity index is 494. The van der Waals surface area contributed by atoms with Crippen LogP contribution in [0.3, 0.4) is 0 Å². The van der Waals surface area contributed by atoms with Crippen LogP contribution in [0.15, 0.2) is 12.3 Å². The van der Waals surface area contributed by atoms with Crippen molar-refractivity contribution in [2.75, 3.05) is 16.8 Å². The highest BCUT2D eigenvalue weighted by Gasteiger charge is 2.17. The fraction of sp³-hybridized carbons (Fsp3) is 0.455. The summed E-state index contributed by atoms with van der Waals surface area (Å²) in [6, 6.07) is 3.48. The molecule has 94 valence electrons. The van der Waals surface area contributed by atoms with Crippen LogP contribution >= 0.6 is 11.8 Å². The molecule has 1 unspecified atom stereocenters. The standard InChI is InChI=1S/C11H12N4O2S/c12-5-8-4-10(15(16)17)6-13-11(8)14-9-2-1-3-18-7-9/h4,6,9H,1-3,7H2,(H,13,14). The van der Waals surface area contributed by atoms with E-state index in [-0.39, 0.29) is 17.3 Å². The van der Waals surface area contributed by atoms with Crippen molar-refractivity contribution in [3.63, 3.8) is 0 Å². The lowest BCUT2D eigenvalue weighted by atomic mass is 10.1. The Morgan fingerprint density at radius 3 is 3.11 bits per heavy atom. The second-order valence-electron chi connectivity index (χ2n) is 4.02. The zero-order chi connectivity index (χ0) is 13.0. The molecule has 0 saturated carbocycles. The van der Waals surface area contributed by atoms with Crippen LogP contribution in [0, 0.1) is 21.4 Å². The van der Waals surface area contributed by atoms with E-state index in [1.165, 1.54) is 12.3 Å². The zero-order valence-corrected chi connectivity index (χ0v) is 10.4. The Labute approximate surface area is 109 Å². The third kappa shape index (κ3) is 2.90.